The first-order chi connectivity index (χ1) is 15.4. The lowest BCUT2D eigenvalue weighted by atomic mass is 10.1. The molecule has 0 saturated heterocycles. The van der Waals surface area contributed by atoms with Gasteiger partial charge >= 0.3 is 0 Å². The van der Waals surface area contributed by atoms with E-state index in [9.17, 15) is 13.2 Å². The number of sulfonamides is 1. The molecule has 1 N–H and O–H groups in total. The van der Waals surface area contributed by atoms with Crippen molar-refractivity contribution in [2.24, 2.45) is 0 Å². The summed E-state index contributed by atoms with van der Waals surface area (Å²) >= 11 is 0. The Morgan fingerprint density at radius 2 is 1.78 bits per heavy atom. The molecule has 7 nitrogen and oxygen atoms in total. The Balaban J connectivity index is 1.59. The van der Waals surface area contributed by atoms with Crippen molar-refractivity contribution >= 4 is 21.6 Å². The predicted molar refractivity (Wildman–Crippen MR) is 124 cm³/mol. The zero-order valence-corrected chi connectivity index (χ0v) is 19.1. The summed E-state index contributed by atoms with van der Waals surface area (Å²) in [6.07, 6.45) is 4.35. The number of furan rings is 1. The number of hydrogen-bond acceptors (Lipinski definition) is 5. The highest BCUT2D eigenvalue weighted by atomic mass is 32.2. The molecular formula is C24H28N2O5S. The molecule has 2 aromatic carbocycles. The number of rotatable bonds is 11. The number of hydrogen-bond donors (Lipinski definition) is 1. The van der Waals surface area contributed by atoms with Gasteiger partial charge in [-0.05, 0) is 67.4 Å². The molecule has 0 radical (unpaired) electrons. The molecule has 0 aliphatic rings. The number of ether oxygens (including phenoxy) is 1. The van der Waals surface area contributed by atoms with E-state index in [-0.39, 0.29) is 12.5 Å². The van der Waals surface area contributed by atoms with Crippen LogP contribution in [0.5, 0.6) is 5.75 Å². The van der Waals surface area contributed by atoms with E-state index >= 15 is 0 Å². The van der Waals surface area contributed by atoms with Crippen LogP contribution in [-0.2, 0) is 23.0 Å². The van der Waals surface area contributed by atoms with Crippen LogP contribution in [0.4, 0.5) is 5.69 Å². The smallest absolute Gasteiger partial charge is 0.251 e. The van der Waals surface area contributed by atoms with Crippen molar-refractivity contribution in [2.75, 3.05) is 23.7 Å². The molecule has 0 saturated carbocycles. The number of carbonyl (C=O) groups excluding carboxylic acids is 1. The van der Waals surface area contributed by atoms with Gasteiger partial charge in [-0.25, -0.2) is 8.42 Å². The van der Waals surface area contributed by atoms with Crippen molar-refractivity contribution in [3.05, 3.63) is 83.8 Å². The van der Waals surface area contributed by atoms with Crippen molar-refractivity contribution in [1.29, 1.82) is 0 Å². The minimum Gasteiger partial charge on any atom is -0.494 e. The molecular weight excluding hydrogens is 428 g/mol. The SMILES string of the molecule is CCOc1ccc(N(Cc2ccc(C(=O)NCCCc3ccco3)cc2)S(C)(=O)=O)cc1. The number of carbonyl (C=O) groups is 1. The summed E-state index contributed by atoms with van der Waals surface area (Å²) in [6.45, 7) is 3.14. The second kappa shape index (κ2) is 10.9. The molecule has 3 aromatic rings. The van der Waals surface area contributed by atoms with Crippen LogP contribution >= 0.6 is 0 Å². The highest BCUT2D eigenvalue weighted by molar-refractivity contribution is 7.92. The number of nitrogens with one attached hydrogen (secondary N) is 1. The Hall–Kier alpha value is -3.26. The summed E-state index contributed by atoms with van der Waals surface area (Å²) in [6, 6.07) is 17.6. The molecule has 1 amide bonds. The topological polar surface area (TPSA) is 88.8 Å². The van der Waals surface area contributed by atoms with Gasteiger partial charge in [0.1, 0.15) is 11.5 Å². The van der Waals surface area contributed by atoms with Gasteiger partial charge in [0, 0.05) is 18.5 Å². The Labute approximate surface area is 189 Å². The molecule has 1 aromatic heterocycles. The van der Waals surface area contributed by atoms with E-state index in [1.165, 1.54) is 10.6 Å². The summed E-state index contributed by atoms with van der Waals surface area (Å²) in [7, 11) is -3.50. The van der Waals surface area contributed by atoms with Crippen LogP contribution < -0.4 is 14.4 Å². The van der Waals surface area contributed by atoms with Gasteiger partial charge in [-0.1, -0.05) is 12.1 Å². The average Bonchev–Trinajstić information content (AvgIpc) is 3.29. The van der Waals surface area contributed by atoms with Gasteiger partial charge in [0.2, 0.25) is 10.0 Å². The zero-order valence-electron chi connectivity index (χ0n) is 18.3. The first-order valence-electron chi connectivity index (χ1n) is 10.5. The van der Waals surface area contributed by atoms with Crippen LogP contribution in [0.2, 0.25) is 0 Å². The van der Waals surface area contributed by atoms with Gasteiger partial charge in [0.25, 0.3) is 5.91 Å². The summed E-state index contributed by atoms with van der Waals surface area (Å²) in [4.78, 5) is 12.4. The third-order valence-corrected chi connectivity index (χ3v) is 5.98. The fraction of sp³-hybridized carbons (Fsp3) is 0.292. The average molecular weight is 457 g/mol. The standard InChI is InChI=1S/C24H28N2O5S/c1-3-30-23-14-12-21(13-15-23)26(32(2,28)29)18-19-8-10-20(11-9-19)24(27)25-16-4-6-22-7-5-17-31-22/h5,7-15,17H,3-4,6,16,18H2,1-2H3,(H,25,27). The third-order valence-electron chi connectivity index (χ3n) is 4.84. The second-order valence-corrected chi connectivity index (χ2v) is 9.24. The van der Waals surface area contributed by atoms with Crippen molar-refractivity contribution in [3.63, 3.8) is 0 Å². The molecule has 0 bridgehead atoms. The molecule has 0 atom stereocenters. The number of nitrogens with zero attached hydrogens (tertiary/aromatic N) is 1. The monoisotopic (exact) mass is 456 g/mol. The van der Waals surface area contributed by atoms with E-state index in [1.807, 2.05) is 19.1 Å². The zero-order chi connectivity index (χ0) is 23.0. The highest BCUT2D eigenvalue weighted by Crippen LogP contribution is 2.24. The van der Waals surface area contributed by atoms with Crippen LogP contribution in [0.25, 0.3) is 0 Å². The largest absolute Gasteiger partial charge is 0.494 e. The van der Waals surface area contributed by atoms with Crippen LogP contribution in [0.3, 0.4) is 0 Å². The van der Waals surface area contributed by atoms with Crippen LogP contribution in [0.1, 0.15) is 35.0 Å². The molecule has 0 aliphatic carbocycles. The van der Waals surface area contributed by atoms with Crippen molar-refractivity contribution in [2.45, 2.75) is 26.3 Å². The molecule has 170 valence electrons. The second-order valence-electron chi connectivity index (χ2n) is 7.33. The fourth-order valence-electron chi connectivity index (χ4n) is 3.22. The first-order valence-corrected chi connectivity index (χ1v) is 12.3. The van der Waals surface area contributed by atoms with E-state index in [0.717, 1.165) is 24.2 Å². The lowest BCUT2D eigenvalue weighted by Gasteiger charge is -2.23. The quantitative estimate of drug-likeness (QED) is 0.441. The van der Waals surface area contributed by atoms with E-state index in [2.05, 4.69) is 5.32 Å². The van der Waals surface area contributed by atoms with Gasteiger partial charge in [-0.2, -0.15) is 0 Å². The fourth-order valence-corrected chi connectivity index (χ4v) is 4.11. The van der Waals surface area contributed by atoms with Crippen LogP contribution in [-0.4, -0.2) is 33.7 Å². The van der Waals surface area contributed by atoms with E-state index < -0.39 is 10.0 Å². The van der Waals surface area contributed by atoms with Crippen molar-refractivity contribution < 1.29 is 22.4 Å². The number of anilines is 1. The minimum absolute atomic E-state index is 0.164. The number of benzene rings is 2. The minimum atomic E-state index is -3.50. The van der Waals surface area contributed by atoms with Gasteiger partial charge in [0.05, 0.1) is 31.4 Å². The number of aryl methyl sites for hydroxylation is 1. The van der Waals surface area contributed by atoms with E-state index in [1.54, 1.807) is 54.8 Å². The van der Waals surface area contributed by atoms with Crippen molar-refractivity contribution in [1.82, 2.24) is 5.32 Å². The molecule has 8 heteroatoms. The molecule has 0 spiro atoms. The lowest BCUT2D eigenvalue weighted by Crippen LogP contribution is -2.29. The first kappa shape index (κ1) is 23.4. The molecule has 0 unspecified atom stereocenters. The normalized spacial score (nSPS) is 11.2. The van der Waals surface area contributed by atoms with Gasteiger partial charge in [-0.3, -0.25) is 9.10 Å². The summed E-state index contributed by atoms with van der Waals surface area (Å²) in [5.74, 6) is 1.42. The summed E-state index contributed by atoms with van der Waals surface area (Å²) in [5.41, 5.74) is 1.85. The van der Waals surface area contributed by atoms with Gasteiger partial charge in [0.15, 0.2) is 0 Å². The third kappa shape index (κ3) is 6.62. The van der Waals surface area contributed by atoms with E-state index in [0.29, 0.717) is 30.2 Å². The predicted octanol–water partition coefficient (Wildman–Crippen LogP) is 4.01. The Kier molecular flexibility index (Phi) is 7.94. The van der Waals surface area contributed by atoms with Crippen LogP contribution in [0, 0.1) is 0 Å². The Bertz CT molecular complexity index is 1090. The lowest BCUT2D eigenvalue weighted by molar-refractivity contribution is 0.0953. The van der Waals surface area contributed by atoms with E-state index in [4.69, 9.17) is 9.15 Å². The molecule has 3 rings (SSSR count). The Morgan fingerprint density at radius 1 is 1.06 bits per heavy atom. The molecule has 0 fully saturated rings. The summed E-state index contributed by atoms with van der Waals surface area (Å²) < 4.78 is 36.8. The van der Waals surface area contributed by atoms with Crippen molar-refractivity contribution in [3.8, 4) is 5.75 Å². The maximum absolute atomic E-state index is 12.4. The van der Waals surface area contributed by atoms with Crippen LogP contribution in [0.15, 0.2) is 71.3 Å². The molecule has 32 heavy (non-hydrogen) atoms. The molecule has 1 heterocycles. The van der Waals surface area contributed by atoms with Gasteiger partial charge in [-0.15, -0.1) is 0 Å². The number of amides is 1. The Morgan fingerprint density at radius 3 is 2.38 bits per heavy atom. The molecule has 0 aliphatic heterocycles. The maximum atomic E-state index is 12.4. The highest BCUT2D eigenvalue weighted by Gasteiger charge is 2.18. The van der Waals surface area contributed by atoms with Gasteiger partial charge < -0.3 is 14.5 Å². The summed E-state index contributed by atoms with van der Waals surface area (Å²) in [5, 5.41) is 2.89. The maximum Gasteiger partial charge on any atom is 0.251 e.